The lowest BCUT2D eigenvalue weighted by Gasteiger charge is -2.13. The average Bonchev–Trinajstić information content (AvgIpc) is 2.06. The molecule has 0 bridgehead atoms. The summed E-state index contributed by atoms with van der Waals surface area (Å²) in [6.07, 6.45) is -4.78. The van der Waals surface area contributed by atoms with Gasteiger partial charge in [-0.1, -0.05) is 6.07 Å². The zero-order valence-corrected chi connectivity index (χ0v) is 8.68. The molecule has 3 nitrogen and oxygen atoms in total. The number of hydrogen-bond donors (Lipinski definition) is 1. The van der Waals surface area contributed by atoms with Crippen molar-refractivity contribution in [1.29, 1.82) is 0 Å². The maximum atomic E-state index is 12.1. The van der Waals surface area contributed by atoms with Gasteiger partial charge in [-0.2, -0.15) is 0 Å². The number of amides is 1. The molecule has 88 valence electrons. The lowest BCUT2D eigenvalue weighted by Crippen LogP contribution is -2.19. The first-order valence-electron chi connectivity index (χ1n) is 4.42. The van der Waals surface area contributed by atoms with Crippen LogP contribution in [-0.4, -0.2) is 12.3 Å². The van der Waals surface area contributed by atoms with E-state index in [1.54, 1.807) is 13.0 Å². The standard InChI is InChI=1S/C10H10F3NO2/c1-6-3-4-8(14-7(2)15)9(5-6)16-10(11,12)13/h3-5H,1-2H3,(H,14,15). The summed E-state index contributed by atoms with van der Waals surface area (Å²) >= 11 is 0. The molecule has 0 aliphatic heterocycles. The lowest BCUT2D eigenvalue weighted by atomic mass is 10.2. The zero-order valence-electron chi connectivity index (χ0n) is 8.68. The molecular formula is C10H10F3NO2. The highest BCUT2D eigenvalue weighted by molar-refractivity contribution is 5.90. The van der Waals surface area contributed by atoms with Gasteiger partial charge < -0.3 is 10.1 Å². The van der Waals surface area contributed by atoms with Crippen molar-refractivity contribution in [2.24, 2.45) is 0 Å². The molecule has 0 saturated heterocycles. The number of rotatable bonds is 2. The molecule has 1 aromatic rings. The maximum absolute atomic E-state index is 12.1. The molecular weight excluding hydrogens is 223 g/mol. The molecule has 0 atom stereocenters. The molecule has 0 heterocycles. The van der Waals surface area contributed by atoms with Gasteiger partial charge in [-0.3, -0.25) is 4.79 Å². The molecule has 0 fully saturated rings. The van der Waals surface area contributed by atoms with Gasteiger partial charge in [-0.05, 0) is 24.6 Å². The van der Waals surface area contributed by atoms with Gasteiger partial charge in [0.2, 0.25) is 5.91 Å². The minimum atomic E-state index is -4.78. The van der Waals surface area contributed by atoms with Crippen molar-refractivity contribution in [2.45, 2.75) is 20.2 Å². The van der Waals surface area contributed by atoms with E-state index in [4.69, 9.17) is 0 Å². The predicted octanol–water partition coefficient (Wildman–Crippen LogP) is 2.85. The summed E-state index contributed by atoms with van der Waals surface area (Å²) < 4.78 is 40.0. The number of benzene rings is 1. The summed E-state index contributed by atoms with van der Waals surface area (Å²) in [6, 6.07) is 4.14. The van der Waals surface area contributed by atoms with Crippen LogP contribution in [-0.2, 0) is 4.79 Å². The Kier molecular flexibility index (Phi) is 3.41. The highest BCUT2D eigenvalue weighted by atomic mass is 19.4. The van der Waals surface area contributed by atoms with Gasteiger partial charge in [0.15, 0.2) is 5.75 Å². The Labute approximate surface area is 90.2 Å². The van der Waals surface area contributed by atoms with E-state index in [9.17, 15) is 18.0 Å². The Hall–Kier alpha value is -1.72. The summed E-state index contributed by atoms with van der Waals surface area (Å²) in [5.74, 6) is -0.876. The van der Waals surface area contributed by atoms with Gasteiger partial charge in [0.1, 0.15) is 0 Å². The van der Waals surface area contributed by atoms with Crippen molar-refractivity contribution in [1.82, 2.24) is 0 Å². The molecule has 0 aromatic heterocycles. The first kappa shape index (κ1) is 12.4. The van der Waals surface area contributed by atoms with Crippen molar-refractivity contribution < 1.29 is 22.7 Å². The van der Waals surface area contributed by atoms with Gasteiger partial charge >= 0.3 is 6.36 Å². The van der Waals surface area contributed by atoms with Gasteiger partial charge in [0, 0.05) is 6.92 Å². The Balaban J connectivity index is 3.03. The third-order valence-corrected chi connectivity index (χ3v) is 1.67. The number of carbonyl (C=O) groups is 1. The molecule has 0 radical (unpaired) electrons. The van der Waals surface area contributed by atoms with Gasteiger partial charge in [0.25, 0.3) is 0 Å². The molecule has 0 spiro atoms. The largest absolute Gasteiger partial charge is 0.573 e. The van der Waals surface area contributed by atoms with Crippen molar-refractivity contribution in [3.05, 3.63) is 23.8 Å². The van der Waals surface area contributed by atoms with E-state index >= 15 is 0 Å². The smallest absolute Gasteiger partial charge is 0.404 e. The average molecular weight is 233 g/mol. The molecule has 1 amide bonds. The Bertz CT molecular complexity index is 402. The highest BCUT2D eigenvalue weighted by Crippen LogP contribution is 2.31. The fraction of sp³-hybridized carbons (Fsp3) is 0.300. The van der Waals surface area contributed by atoms with Crippen LogP contribution in [0.15, 0.2) is 18.2 Å². The third-order valence-electron chi connectivity index (χ3n) is 1.67. The quantitative estimate of drug-likeness (QED) is 0.852. The van der Waals surface area contributed by atoms with E-state index in [0.29, 0.717) is 5.56 Å². The molecule has 0 aliphatic rings. The first-order valence-corrected chi connectivity index (χ1v) is 4.42. The maximum Gasteiger partial charge on any atom is 0.573 e. The topological polar surface area (TPSA) is 38.3 Å². The van der Waals surface area contributed by atoms with E-state index in [1.807, 2.05) is 0 Å². The number of hydrogen-bond acceptors (Lipinski definition) is 2. The van der Waals surface area contributed by atoms with Crippen LogP contribution in [0, 0.1) is 6.92 Å². The summed E-state index contributed by atoms with van der Waals surface area (Å²) in [6.45, 7) is 2.83. The molecule has 1 N–H and O–H groups in total. The van der Waals surface area contributed by atoms with Crippen LogP contribution in [0.2, 0.25) is 0 Å². The van der Waals surface area contributed by atoms with Crippen molar-refractivity contribution in [2.75, 3.05) is 5.32 Å². The number of aryl methyl sites for hydroxylation is 1. The zero-order chi connectivity index (χ0) is 12.3. The second kappa shape index (κ2) is 4.42. The number of nitrogens with one attached hydrogen (secondary N) is 1. The highest BCUT2D eigenvalue weighted by Gasteiger charge is 2.32. The molecule has 6 heteroatoms. The van der Waals surface area contributed by atoms with Crippen molar-refractivity contribution in [3.8, 4) is 5.75 Å². The van der Waals surface area contributed by atoms with Crippen LogP contribution in [0.5, 0.6) is 5.75 Å². The molecule has 1 rings (SSSR count). The van der Waals surface area contributed by atoms with E-state index in [1.165, 1.54) is 19.1 Å². The minimum Gasteiger partial charge on any atom is -0.404 e. The fourth-order valence-electron chi connectivity index (χ4n) is 1.13. The third kappa shape index (κ3) is 3.80. The molecule has 0 unspecified atom stereocenters. The first-order chi connectivity index (χ1) is 7.28. The van der Waals surface area contributed by atoms with E-state index < -0.39 is 18.0 Å². The predicted molar refractivity (Wildman–Crippen MR) is 52.2 cm³/mol. The SMILES string of the molecule is CC(=O)Nc1ccc(C)cc1OC(F)(F)F. The summed E-state index contributed by atoms with van der Waals surface area (Å²) in [5, 5.41) is 2.26. The van der Waals surface area contributed by atoms with Gasteiger partial charge in [0.05, 0.1) is 5.69 Å². The van der Waals surface area contributed by atoms with Crippen molar-refractivity contribution in [3.63, 3.8) is 0 Å². The van der Waals surface area contributed by atoms with Crippen LogP contribution in [0.1, 0.15) is 12.5 Å². The normalized spacial score (nSPS) is 11.1. The second-order valence-corrected chi connectivity index (χ2v) is 3.23. The van der Waals surface area contributed by atoms with E-state index in [-0.39, 0.29) is 5.69 Å². The number of carbonyl (C=O) groups excluding carboxylic acids is 1. The van der Waals surface area contributed by atoms with Crippen LogP contribution in [0.4, 0.5) is 18.9 Å². The number of halogens is 3. The van der Waals surface area contributed by atoms with Gasteiger partial charge in [-0.25, -0.2) is 0 Å². The van der Waals surface area contributed by atoms with Crippen LogP contribution >= 0.6 is 0 Å². The molecule has 16 heavy (non-hydrogen) atoms. The Morgan fingerprint density at radius 2 is 2.00 bits per heavy atom. The van der Waals surface area contributed by atoms with Crippen molar-refractivity contribution >= 4 is 11.6 Å². The monoisotopic (exact) mass is 233 g/mol. The van der Waals surface area contributed by atoms with Gasteiger partial charge in [-0.15, -0.1) is 13.2 Å². The Morgan fingerprint density at radius 3 is 2.50 bits per heavy atom. The summed E-state index contributed by atoms with van der Waals surface area (Å²) in [7, 11) is 0. The Morgan fingerprint density at radius 1 is 1.38 bits per heavy atom. The van der Waals surface area contributed by atoms with Crippen LogP contribution < -0.4 is 10.1 Å². The van der Waals surface area contributed by atoms with Crippen LogP contribution in [0.3, 0.4) is 0 Å². The summed E-state index contributed by atoms with van der Waals surface area (Å²) in [4.78, 5) is 10.8. The van der Waals surface area contributed by atoms with E-state index in [2.05, 4.69) is 10.1 Å². The number of alkyl halides is 3. The number of anilines is 1. The number of ether oxygens (including phenoxy) is 1. The summed E-state index contributed by atoms with van der Waals surface area (Å²) in [5.41, 5.74) is 0.601. The lowest BCUT2D eigenvalue weighted by molar-refractivity contribution is -0.274. The van der Waals surface area contributed by atoms with E-state index in [0.717, 1.165) is 0 Å². The second-order valence-electron chi connectivity index (χ2n) is 3.23. The molecule has 1 aromatic carbocycles. The minimum absolute atomic E-state index is 0.00424. The molecule has 0 aliphatic carbocycles. The fourth-order valence-corrected chi connectivity index (χ4v) is 1.13. The molecule has 0 saturated carbocycles. The van der Waals surface area contributed by atoms with Crippen LogP contribution in [0.25, 0.3) is 0 Å².